The van der Waals surface area contributed by atoms with E-state index in [1.807, 2.05) is 19.1 Å². The van der Waals surface area contributed by atoms with E-state index in [4.69, 9.17) is 4.74 Å². The molecule has 94 valence electrons. The van der Waals surface area contributed by atoms with Crippen LogP contribution in [0.25, 0.3) is 5.57 Å². The van der Waals surface area contributed by atoms with Crippen molar-refractivity contribution in [2.75, 3.05) is 6.61 Å². The molecule has 1 aromatic rings. The number of aliphatic hydroxyl groups is 1. The van der Waals surface area contributed by atoms with Crippen LogP contribution >= 0.6 is 11.3 Å². The van der Waals surface area contributed by atoms with Crippen molar-refractivity contribution >= 4 is 22.9 Å². The van der Waals surface area contributed by atoms with E-state index in [2.05, 4.69) is 0 Å². The largest absolute Gasteiger partial charge is 0.463 e. The van der Waals surface area contributed by atoms with Crippen LogP contribution in [-0.4, -0.2) is 23.8 Å². The van der Waals surface area contributed by atoms with Gasteiger partial charge in [-0.2, -0.15) is 0 Å². The summed E-state index contributed by atoms with van der Waals surface area (Å²) in [7, 11) is 0. The van der Waals surface area contributed by atoms with Gasteiger partial charge in [-0.3, -0.25) is 0 Å². The van der Waals surface area contributed by atoms with Gasteiger partial charge in [0.15, 0.2) is 0 Å². The van der Waals surface area contributed by atoms with Crippen LogP contribution in [0.15, 0.2) is 18.2 Å². The van der Waals surface area contributed by atoms with Crippen molar-refractivity contribution in [1.29, 1.82) is 0 Å². The van der Waals surface area contributed by atoms with E-state index in [9.17, 15) is 9.90 Å². The minimum Gasteiger partial charge on any atom is -0.463 e. The fraction of sp³-hybridized carbons (Fsp3) is 0.462. The van der Waals surface area contributed by atoms with Crippen molar-refractivity contribution < 1.29 is 14.6 Å². The molecule has 3 nitrogen and oxygen atoms in total. The number of carbonyl (C=O) groups is 1. The molecular weight excluding hydrogens is 236 g/mol. The van der Waals surface area contributed by atoms with Gasteiger partial charge < -0.3 is 9.84 Å². The lowest BCUT2D eigenvalue weighted by molar-refractivity contribution is -0.137. The third-order valence-electron chi connectivity index (χ3n) is 2.17. The number of aliphatic hydroxyl groups excluding tert-OH is 1. The minimum absolute atomic E-state index is 0.310. The quantitative estimate of drug-likeness (QED) is 0.649. The highest BCUT2D eigenvalue weighted by Crippen LogP contribution is 2.24. The van der Waals surface area contributed by atoms with E-state index in [0.717, 1.165) is 15.3 Å². The summed E-state index contributed by atoms with van der Waals surface area (Å²) in [5.74, 6) is -0.310. The molecule has 0 bridgehead atoms. The molecule has 17 heavy (non-hydrogen) atoms. The Kier molecular flexibility index (Phi) is 5.38. The molecule has 4 heteroatoms. The van der Waals surface area contributed by atoms with Gasteiger partial charge in [0.1, 0.15) is 0 Å². The highest BCUT2D eigenvalue weighted by atomic mass is 32.1. The van der Waals surface area contributed by atoms with Crippen molar-refractivity contribution in [2.24, 2.45) is 0 Å². The third kappa shape index (κ3) is 4.71. The second kappa shape index (κ2) is 6.57. The molecule has 0 unspecified atom stereocenters. The molecule has 0 saturated heterocycles. The maximum Gasteiger partial charge on any atom is 0.331 e. The Balaban J connectivity index is 2.72. The van der Waals surface area contributed by atoms with Gasteiger partial charge in [-0.15, -0.1) is 11.3 Å². The van der Waals surface area contributed by atoms with Crippen LogP contribution in [0.5, 0.6) is 0 Å². The Morgan fingerprint density at radius 1 is 1.59 bits per heavy atom. The van der Waals surface area contributed by atoms with Crippen LogP contribution in [0.2, 0.25) is 0 Å². The summed E-state index contributed by atoms with van der Waals surface area (Å²) >= 11 is 1.59. The maximum atomic E-state index is 11.3. The van der Waals surface area contributed by atoms with Gasteiger partial charge in [0.2, 0.25) is 0 Å². The molecule has 0 radical (unpaired) electrons. The van der Waals surface area contributed by atoms with E-state index >= 15 is 0 Å². The van der Waals surface area contributed by atoms with Crippen molar-refractivity contribution in [3.8, 4) is 0 Å². The van der Waals surface area contributed by atoms with E-state index < -0.39 is 0 Å². The van der Waals surface area contributed by atoms with Gasteiger partial charge in [-0.25, -0.2) is 4.79 Å². The number of thiophene rings is 1. The first-order valence-electron chi connectivity index (χ1n) is 5.65. The highest BCUT2D eigenvalue weighted by molar-refractivity contribution is 7.13. The number of allylic oxidation sites excluding steroid dienone is 1. The average Bonchev–Trinajstić information content (AvgIpc) is 2.65. The van der Waals surface area contributed by atoms with Gasteiger partial charge in [0.05, 0.1) is 12.7 Å². The van der Waals surface area contributed by atoms with Crippen LogP contribution in [0, 0.1) is 0 Å². The Bertz CT molecular complexity index is 405. The predicted octanol–water partition coefficient (Wildman–Crippen LogP) is 2.64. The van der Waals surface area contributed by atoms with E-state index in [1.54, 1.807) is 25.2 Å². The van der Waals surface area contributed by atoms with E-state index in [0.29, 0.717) is 13.0 Å². The molecule has 0 spiro atoms. The predicted molar refractivity (Wildman–Crippen MR) is 70.0 cm³/mol. The van der Waals surface area contributed by atoms with Gasteiger partial charge in [-0.1, -0.05) is 0 Å². The molecule has 1 atom stereocenters. The number of esters is 1. The summed E-state index contributed by atoms with van der Waals surface area (Å²) in [5, 5.41) is 9.29. The second-order valence-corrected chi connectivity index (χ2v) is 5.07. The molecule has 0 amide bonds. The molecule has 0 aliphatic rings. The van der Waals surface area contributed by atoms with Crippen molar-refractivity contribution in [1.82, 2.24) is 0 Å². The minimum atomic E-state index is -0.337. The molecule has 1 aromatic heterocycles. The number of ether oxygens (including phenoxy) is 1. The number of carbonyl (C=O) groups excluding carboxylic acids is 1. The standard InChI is InChI=1S/C13H18O3S/c1-4-16-13(15)7-9(2)12-6-5-11(17-12)8-10(3)14/h5-7,10,14H,4,8H2,1-3H3/t10-/m1/s1. The molecule has 1 rings (SSSR count). The first kappa shape index (κ1) is 13.9. The molecule has 1 N–H and O–H groups in total. The monoisotopic (exact) mass is 254 g/mol. The average molecular weight is 254 g/mol. The smallest absolute Gasteiger partial charge is 0.331 e. The number of hydrogen-bond donors (Lipinski definition) is 1. The fourth-order valence-electron chi connectivity index (χ4n) is 1.42. The summed E-state index contributed by atoms with van der Waals surface area (Å²) < 4.78 is 4.85. The van der Waals surface area contributed by atoms with Crippen molar-refractivity contribution in [3.63, 3.8) is 0 Å². The third-order valence-corrected chi connectivity index (χ3v) is 3.41. The second-order valence-electron chi connectivity index (χ2n) is 3.90. The van der Waals surface area contributed by atoms with Crippen LogP contribution < -0.4 is 0 Å². The van der Waals surface area contributed by atoms with Crippen LogP contribution in [0.3, 0.4) is 0 Å². The molecular formula is C13H18O3S. The summed E-state index contributed by atoms with van der Waals surface area (Å²) in [6, 6.07) is 3.95. The Morgan fingerprint density at radius 2 is 2.29 bits per heavy atom. The van der Waals surface area contributed by atoms with Crippen molar-refractivity contribution in [2.45, 2.75) is 33.3 Å². The SMILES string of the molecule is CCOC(=O)C=C(C)c1ccc(C[C@@H](C)O)s1. The number of hydrogen-bond acceptors (Lipinski definition) is 4. The summed E-state index contributed by atoms with van der Waals surface area (Å²) in [6.45, 7) is 5.82. The molecule has 1 heterocycles. The zero-order valence-corrected chi connectivity index (χ0v) is 11.2. The van der Waals surface area contributed by atoms with Crippen molar-refractivity contribution in [3.05, 3.63) is 28.0 Å². The Hall–Kier alpha value is -1.13. The number of rotatable bonds is 5. The first-order chi connectivity index (χ1) is 8.02. The van der Waals surface area contributed by atoms with Crippen LogP contribution in [0.4, 0.5) is 0 Å². The van der Waals surface area contributed by atoms with Crippen LogP contribution in [0.1, 0.15) is 30.5 Å². The molecule has 0 aromatic carbocycles. The zero-order chi connectivity index (χ0) is 12.8. The first-order valence-corrected chi connectivity index (χ1v) is 6.46. The summed E-state index contributed by atoms with van der Waals surface area (Å²) in [5.41, 5.74) is 0.894. The lowest BCUT2D eigenvalue weighted by atomic mass is 10.2. The maximum absolute atomic E-state index is 11.3. The van der Waals surface area contributed by atoms with Gasteiger partial charge in [-0.05, 0) is 38.5 Å². The van der Waals surface area contributed by atoms with Gasteiger partial charge in [0, 0.05) is 22.3 Å². The summed E-state index contributed by atoms with van der Waals surface area (Å²) in [6.07, 6.45) is 1.81. The fourth-order valence-corrected chi connectivity index (χ4v) is 2.52. The zero-order valence-electron chi connectivity index (χ0n) is 10.4. The topological polar surface area (TPSA) is 46.5 Å². The Morgan fingerprint density at radius 3 is 2.88 bits per heavy atom. The molecule has 0 fully saturated rings. The van der Waals surface area contributed by atoms with Gasteiger partial charge in [0.25, 0.3) is 0 Å². The molecule has 0 aliphatic carbocycles. The summed E-state index contributed by atoms with van der Waals surface area (Å²) in [4.78, 5) is 13.4. The normalized spacial score (nSPS) is 13.5. The van der Waals surface area contributed by atoms with Gasteiger partial charge >= 0.3 is 5.97 Å². The molecule has 0 aliphatic heterocycles. The van der Waals surface area contributed by atoms with E-state index in [1.165, 1.54) is 6.08 Å². The Labute approximate surface area is 106 Å². The van der Waals surface area contributed by atoms with E-state index in [-0.39, 0.29) is 12.1 Å². The lowest BCUT2D eigenvalue weighted by Gasteiger charge is -2.00. The van der Waals surface area contributed by atoms with Crippen LogP contribution in [-0.2, 0) is 16.0 Å². The molecule has 0 saturated carbocycles. The lowest BCUT2D eigenvalue weighted by Crippen LogP contribution is -2.01. The highest BCUT2D eigenvalue weighted by Gasteiger charge is 2.06.